The molecule has 0 fully saturated rings. The molecule has 0 aliphatic rings. The molecule has 3 N–H and O–H groups in total. The van der Waals surface area contributed by atoms with Crippen molar-refractivity contribution in [2.45, 2.75) is 25.9 Å². The number of carbonyl (C=O) groups excluding carboxylic acids is 1. The van der Waals surface area contributed by atoms with Crippen molar-refractivity contribution in [3.05, 3.63) is 83.4 Å². The summed E-state index contributed by atoms with van der Waals surface area (Å²) in [6.45, 7) is 3.34. The smallest absolute Gasteiger partial charge is 0.355 e. The normalized spacial score (nSPS) is 13.0. The van der Waals surface area contributed by atoms with Gasteiger partial charge in [0.15, 0.2) is 6.10 Å². The maximum absolute atomic E-state index is 12.6. The van der Waals surface area contributed by atoms with Gasteiger partial charge in [-0.2, -0.15) is 0 Å². The van der Waals surface area contributed by atoms with E-state index in [0.717, 1.165) is 5.56 Å². The van der Waals surface area contributed by atoms with Gasteiger partial charge < -0.3 is 20.1 Å². The number of hydrogen-bond donors (Lipinski definition) is 3. The van der Waals surface area contributed by atoms with Crippen molar-refractivity contribution in [2.75, 3.05) is 0 Å². The quantitative estimate of drug-likeness (QED) is 0.244. The third kappa shape index (κ3) is 5.39. The summed E-state index contributed by atoms with van der Waals surface area (Å²) in [5.74, 6) is -4.01. The molecule has 0 heterocycles. The zero-order chi connectivity index (χ0) is 19.2. The molecule has 26 heavy (non-hydrogen) atoms. The van der Waals surface area contributed by atoms with E-state index in [0.29, 0.717) is 11.1 Å². The Morgan fingerprint density at radius 1 is 1.00 bits per heavy atom. The summed E-state index contributed by atoms with van der Waals surface area (Å²) in [5.41, 5.74) is 2.07. The topological polar surface area (TPSA) is 87.0 Å². The summed E-state index contributed by atoms with van der Waals surface area (Å²) in [4.78, 5) is 12.6. The molecule has 2 aromatic carbocycles. The van der Waals surface area contributed by atoms with Crippen molar-refractivity contribution >= 4 is 17.6 Å². The van der Waals surface area contributed by atoms with Crippen LogP contribution < -0.4 is 0 Å². The van der Waals surface area contributed by atoms with Gasteiger partial charge in [0.1, 0.15) is 0 Å². The number of hydrogen-bond acceptors (Lipinski definition) is 5. The number of benzene rings is 2. The summed E-state index contributed by atoms with van der Waals surface area (Å²) >= 11 is 0. The van der Waals surface area contributed by atoms with Crippen LogP contribution in [0.4, 0.5) is 0 Å². The molecule has 0 radical (unpaired) electrons. The maximum Gasteiger partial charge on any atom is 0.355 e. The molecule has 0 bridgehead atoms. The van der Waals surface area contributed by atoms with Crippen LogP contribution in [0, 0.1) is 0 Å². The Bertz CT molecular complexity index is 788. The number of carbonyl (C=O) groups is 1. The molecule has 2 rings (SSSR count). The van der Waals surface area contributed by atoms with Crippen LogP contribution in [0.3, 0.4) is 0 Å². The fraction of sp³-hybridized carbons (Fsp3) is 0.190. The molecule has 0 aliphatic carbocycles. The van der Waals surface area contributed by atoms with Gasteiger partial charge in [0.05, 0.1) is 5.57 Å². The second-order valence-corrected chi connectivity index (χ2v) is 6.07. The SMILES string of the molecule is CC(C)=CC(O)C(O)(O)OC(=O)/C(=C/c1ccccc1)c1ccccc1. The van der Waals surface area contributed by atoms with E-state index >= 15 is 0 Å². The first-order valence-corrected chi connectivity index (χ1v) is 8.13. The minimum Gasteiger partial charge on any atom is -0.402 e. The van der Waals surface area contributed by atoms with E-state index < -0.39 is 18.0 Å². The molecule has 1 unspecified atom stereocenters. The number of ether oxygens (including phenoxy) is 1. The van der Waals surface area contributed by atoms with Crippen molar-refractivity contribution in [2.24, 2.45) is 0 Å². The molecule has 0 amide bonds. The third-order valence-electron chi connectivity index (χ3n) is 3.53. The predicted octanol–water partition coefficient (Wildman–Crippen LogP) is 2.74. The second kappa shape index (κ2) is 8.58. The lowest BCUT2D eigenvalue weighted by Crippen LogP contribution is -2.45. The first-order valence-electron chi connectivity index (χ1n) is 8.13. The minimum atomic E-state index is -3.04. The molecule has 0 spiro atoms. The van der Waals surface area contributed by atoms with Crippen LogP contribution >= 0.6 is 0 Å². The van der Waals surface area contributed by atoms with E-state index in [4.69, 9.17) is 4.74 Å². The number of aliphatic hydroxyl groups is 3. The molecular weight excluding hydrogens is 332 g/mol. The van der Waals surface area contributed by atoms with Gasteiger partial charge in [-0.3, -0.25) is 0 Å². The van der Waals surface area contributed by atoms with E-state index in [1.807, 2.05) is 18.2 Å². The van der Waals surface area contributed by atoms with Crippen LogP contribution in [0.25, 0.3) is 11.6 Å². The van der Waals surface area contributed by atoms with E-state index in [1.165, 1.54) is 6.08 Å². The van der Waals surface area contributed by atoms with Crippen LogP contribution in [0.1, 0.15) is 25.0 Å². The highest BCUT2D eigenvalue weighted by atomic mass is 16.8. The first kappa shape index (κ1) is 19.6. The van der Waals surface area contributed by atoms with Crippen molar-refractivity contribution in [3.8, 4) is 0 Å². The van der Waals surface area contributed by atoms with Gasteiger partial charge in [0.25, 0.3) is 0 Å². The Balaban J connectivity index is 2.36. The molecule has 1 atom stereocenters. The molecule has 0 saturated heterocycles. The van der Waals surface area contributed by atoms with Crippen molar-refractivity contribution in [1.29, 1.82) is 0 Å². The largest absolute Gasteiger partial charge is 0.402 e. The van der Waals surface area contributed by atoms with Crippen molar-refractivity contribution < 1.29 is 24.9 Å². The van der Waals surface area contributed by atoms with Crippen LogP contribution in [-0.2, 0) is 9.53 Å². The van der Waals surface area contributed by atoms with E-state index in [-0.39, 0.29) is 5.57 Å². The highest BCUT2D eigenvalue weighted by Crippen LogP contribution is 2.23. The van der Waals surface area contributed by atoms with E-state index in [9.17, 15) is 20.1 Å². The van der Waals surface area contributed by atoms with E-state index in [2.05, 4.69) is 0 Å². The van der Waals surface area contributed by atoms with Gasteiger partial charge in [0, 0.05) is 0 Å². The minimum absolute atomic E-state index is 0.133. The predicted molar refractivity (Wildman–Crippen MR) is 99.5 cm³/mol. The van der Waals surface area contributed by atoms with Gasteiger partial charge in [-0.05, 0) is 37.1 Å². The summed E-state index contributed by atoms with van der Waals surface area (Å²) < 4.78 is 4.80. The number of allylic oxidation sites excluding steroid dienone is 1. The standard InChI is InChI=1S/C21H22O5/c1-15(2)13-19(22)21(24,25)26-20(23)18(17-11-7-4-8-12-17)14-16-9-5-3-6-10-16/h3-14,19,22,24-25H,1-2H3/b18-14+. The van der Waals surface area contributed by atoms with Crippen molar-refractivity contribution in [3.63, 3.8) is 0 Å². The van der Waals surface area contributed by atoms with Gasteiger partial charge in [-0.25, -0.2) is 4.79 Å². The lowest BCUT2D eigenvalue weighted by Gasteiger charge is -2.25. The van der Waals surface area contributed by atoms with Crippen LogP contribution in [0.15, 0.2) is 72.3 Å². The molecule has 0 aromatic heterocycles. The Labute approximate surface area is 152 Å². The molecule has 136 valence electrons. The van der Waals surface area contributed by atoms with Crippen LogP contribution in [0.5, 0.6) is 0 Å². The molecular formula is C21H22O5. The number of rotatable bonds is 6. The first-order chi connectivity index (χ1) is 12.3. The lowest BCUT2D eigenvalue weighted by atomic mass is 10.0. The molecule has 0 saturated carbocycles. The summed E-state index contributed by atoms with van der Waals surface area (Å²) in [7, 11) is 0. The van der Waals surface area contributed by atoms with Gasteiger partial charge >= 0.3 is 11.9 Å². The summed E-state index contributed by atoms with van der Waals surface area (Å²) in [5, 5.41) is 29.8. The van der Waals surface area contributed by atoms with Crippen LogP contribution in [0.2, 0.25) is 0 Å². The third-order valence-corrected chi connectivity index (χ3v) is 3.53. The number of aliphatic hydroxyl groups excluding tert-OH is 1. The molecule has 5 heteroatoms. The average molecular weight is 354 g/mol. The van der Waals surface area contributed by atoms with E-state index in [1.54, 1.807) is 62.4 Å². The fourth-order valence-electron chi connectivity index (χ4n) is 2.27. The Morgan fingerprint density at radius 3 is 2.08 bits per heavy atom. The Kier molecular flexibility index (Phi) is 6.46. The highest BCUT2D eigenvalue weighted by molar-refractivity contribution is 6.21. The summed E-state index contributed by atoms with van der Waals surface area (Å²) in [6, 6.07) is 17.8. The van der Waals surface area contributed by atoms with Gasteiger partial charge in [-0.1, -0.05) is 66.2 Å². The number of esters is 1. The molecule has 2 aromatic rings. The average Bonchev–Trinajstić information content (AvgIpc) is 2.60. The fourth-order valence-corrected chi connectivity index (χ4v) is 2.27. The van der Waals surface area contributed by atoms with Crippen LogP contribution in [-0.4, -0.2) is 33.4 Å². The molecule has 0 aliphatic heterocycles. The monoisotopic (exact) mass is 354 g/mol. The Hall–Kier alpha value is -2.73. The Morgan fingerprint density at radius 2 is 1.54 bits per heavy atom. The van der Waals surface area contributed by atoms with Crippen molar-refractivity contribution in [1.82, 2.24) is 0 Å². The second-order valence-electron chi connectivity index (χ2n) is 6.07. The maximum atomic E-state index is 12.6. The summed E-state index contributed by atoms with van der Waals surface area (Å²) in [6.07, 6.45) is 1.00. The van der Waals surface area contributed by atoms with Gasteiger partial charge in [0.2, 0.25) is 0 Å². The lowest BCUT2D eigenvalue weighted by molar-refractivity contribution is -0.346. The highest BCUT2D eigenvalue weighted by Gasteiger charge is 2.37. The zero-order valence-electron chi connectivity index (χ0n) is 14.7. The van der Waals surface area contributed by atoms with Gasteiger partial charge in [-0.15, -0.1) is 0 Å². The zero-order valence-corrected chi connectivity index (χ0v) is 14.7. The molecule has 5 nitrogen and oxygen atoms in total.